The molecule has 3 nitrogen and oxygen atoms in total. The molecule has 0 aliphatic carbocycles. The standard InChI is InChI=1S/C10H11BrFN3/c11-9-2-1-8(12)5-7(9)6-15-10-13-3-4-14-10/h1-2,5H,3-4,6H2,(H2,13,14,15). The lowest BCUT2D eigenvalue weighted by atomic mass is 10.2. The highest BCUT2D eigenvalue weighted by Gasteiger charge is 2.06. The number of hydrogen-bond acceptors (Lipinski definition) is 3. The molecule has 2 N–H and O–H groups in total. The molecule has 0 atom stereocenters. The van der Waals surface area contributed by atoms with Crippen LogP contribution in [0.15, 0.2) is 27.7 Å². The molecule has 1 heterocycles. The summed E-state index contributed by atoms with van der Waals surface area (Å²) in [6, 6.07) is 4.64. The molecule has 80 valence electrons. The molecular formula is C10H11BrFN3. The van der Waals surface area contributed by atoms with Crippen LogP contribution in [0.3, 0.4) is 0 Å². The largest absolute Gasteiger partial charge is 0.355 e. The van der Waals surface area contributed by atoms with Gasteiger partial charge in [0.05, 0.1) is 6.54 Å². The number of halogens is 2. The molecule has 0 aromatic heterocycles. The van der Waals surface area contributed by atoms with Crippen molar-refractivity contribution in [3.63, 3.8) is 0 Å². The molecular weight excluding hydrogens is 261 g/mol. The van der Waals surface area contributed by atoms with E-state index < -0.39 is 0 Å². The summed E-state index contributed by atoms with van der Waals surface area (Å²) in [4.78, 5) is 4.19. The van der Waals surface area contributed by atoms with Crippen LogP contribution in [0.2, 0.25) is 0 Å². The number of hydrogen-bond donors (Lipinski definition) is 2. The second-order valence-corrected chi connectivity index (χ2v) is 4.10. The van der Waals surface area contributed by atoms with Gasteiger partial charge in [-0.1, -0.05) is 15.9 Å². The highest BCUT2D eigenvalue weighted by Crippen LogP contribution is 2.17. The van der Waals surface area contributed by atoms with Gasteiger partial charge in [-0.05, 0) is 23.8 Å². The fourth-order valence-corrected chi connectivity index (χ4v) is 1.76. The van der Waals surface area contributed by atoms with E-state index in [1.165, 1.54) is 12.1 Å². The third-order valence-electron chi connectivity index (χ3n) is 2.13. The minimum absolute atomic E-state index is 0.226. The molecule has 15 heavy (non-hydrogen) atoms. The Balaban J connectivity index is 2.00. The first-order valence-electron chi connectivity index (χ1n) is 4.72. The summed E-state index contributed by atoms with van der Waals surface area (Å²) < 4.78 is 13.9. The van der Waals surface area contributed by atoms with E-state index in [9.17, 15) is 4.39 Å². The molecule has 0 bridgehead atoms. The van der Waals surface area contributed by atoms with E-state index in [0.29, 0.717) is 6.54 Å². The van der Waals surface area contributed by atoms with E-state index in [0.717, 1.165) is 29.1 Å². The Kier molecular flexibility index (Phi) is 3.20. The normalized spacial score (nSPS) is 14.7. The Hall–Kier alpha value is -1.10. The summed E-state index contributed by atoms with van der Waals surface area (Å²) in [6.07, 6.45) is 0. The number of benzene rings is 1. The van der Waals surface area contributed by atoms with Crippen LogP contribution in [0, 0.1) is 5.82 Å². The number of nitrogens with one attached hydrogen (secondary N) is 2. The van der Waals surface area contributed by atoms with Gasteiger partial charge in [-0.15, -0.1) is 0 Å². The van der Waals surface area contributed by atoms with Gasteiger partial charge in [0, 0.05) is 17.6 Å². The van der Waals surface area contributed by atoms with Crippen molar-refractivity contribution in [2.75, 3.05) is 13.1 Å². The van der Waals surface area contributed by atoms with Gasteiger partial charge in [0.2, 0.25) is 0 Å². The fourth-order valence-electron chi connectivity index (χ4n) is 1.37. The minimum Gasteiger partial charge on any atom is -0.355 e. The van der Waals surface area contributed by atoms with Gasteiger partial charge in [-0.2, -0.15) is 0 Å². The predicted molar refractivity (Wildman–Crippen MR) is 61.2 cm³/mol. The molecule has 1 aromatic rings. The first kappa shape index (κ1) is 10.4. The SMILES string of the molecule is Fc1ccc(Br)c(CNC2=NCCN2)c1. The van der Waals surface area contributed by atoms with Crippen LogP contribution >= 0.6 is 15.9 Å². The molecule has 5 heteroatoms. The Morgan fingerprint density at radius 1 is 1.53 bits per heavy atom. The second-order valence-electron chi connectivity index (χ2n) is 3.25. The van der Waals surface area contributed by atoms with E-state index in [-0.39, 0.29) is 5.82 Å². The van der Waals surface area contributed by atoms with Gasteiger partial charge in [0.25, 0.3) is 0 Å². The Labute approximate surface area is 95.9 Å². The topological polar surface area (TPSA) is 36.4 Å². The lowest BCUT2D eigenvalue weighted by Gasteiger charge is -2.08. The molecule has 0 amide bonds. The molecule has 2 rings (SSSR count). The number of nitrogens with zero attached hydrogens (tertiary/aromatic N) is 1. The van der Waals surface area contributed by atoms with Gasteiger partial charge < -0.3 is 10.6 Å². The zero-order valence-corrected chi connectivity index (χ0v) is 9.64. The molecule has 1 aliphatic rings. The highest BCUT2D eigenvalue weighted by molar-refractivity contribution is 9.10. The van der Waals surface area contributed by atoms with Crippen LogP contribution in [-0.4, -0.2) is 19.0 Å². The number of rotatable bonds is 2. The van der Waals surface area contributed by atoms with Crippen molar-refractivity contribution >= 4 is 21.9 Å². The van der Waals surface area contributed by atoms with E-state index in [4.69, 9.17) is 0 Å². The average Bonchev–Trinajstić information content (AvgIpc) is 2.72. The monoisotopic (exact) mass is 271 g/mol. The van der Waals surface area contributed by atoms with Crippen LogP contribution in [0.5, 0.6) is 0 Å². The highest BCUT2D eigenvalue weighted by atomic mass is 79.9. The summed E-state index contributed by atoms with van der Waals surface area (Å²) in [7, 11) is 0. The Bertz CT molecular complexity index is 392. The first-order valence-corrected chi connectivity index (χ1v) is 5.51. The van der Waals surface area contributed by atoms with E-state index in [1.54, 1.807) is 6.07 Å². The van der Waals surface area contributed by atoms with Crippen LogP contribution in [-0.2, 0) is 6.54 Å². The quantitative estimate of drug-likeness (QED) is 0.858. The molecule has 0 saturated carbocycles. The van der Waals surface area contributed by atoms with Crippen LogP contribution in [0.1, 0.15) is 5.56 Å². The maximum atomic E-state index is 13.0. The summed E-state index contributed by atoms with van der Waals surface area (Å²) in [5.41, 5.74) is 0.881. The van der Waals surface area contributed by atoms with Crippen molar-refractivity contribution in [2.24, 2.45) is 4.99 Å². The zero-order chi connectivity index (χ0) is 10.7. The molecule has 0 fully saturated rings. The zero-order valence-electron chi connectivity index (χ0n) is 8.06. The van der Waals surface area contributed by atoms with Gasteiger partial charge in [0.1, 0.15) is 5.82 Å². The van der Waals surface area contributed by atoms with Gasteiger partial charge >= 0.3 is 0 Å². The maximum absolute atomic E-state index is 13.0. The molecule has 0 radical (unpaired) electrons. The molecule has 0 spiro atoms. The van der Waals surface area contributed by atoms with E-state index >= 15 is 0 Å². The molecule has 0 saturated heterocycles. The van der Waals surface area contributed by atoms with Crippen molar-refractivity contribution in [2.45, 2.75) is 6.54 Å². The summed E-state index contributed by atoms with van der Waals surface area (Å²) in [6.45, 7) is 2.23. The molecule has 1 aliphatic heterocycles. The Morgan fingerprint density at radius 3 is 3.13 bits per heavy atom. The van der Waals surface area contributed by atoms with E-state index in [1.807, 2.05) is 0 Å². The maximum Gasteiger partial charge on any atom is 0.191 e. The number of guanidine groups is 1. The van der Waals surface area contributed by atoms with Crippen molar-refractivity contribution in [1.82, 2.24) is 10.6 Å². The fraction of sp³-hybridized carbons (Fsp3) is 0.300. The third kappa shape index (κ3) is 2.68. The minimum atomic E-state index is -0.226. The van der Waals surface area contributed by atoms with Crippen molar-refractivity contribution in [3.05, 3.63) is 34.1 Å². The third-order valence-corrected chi connectivity index (χ3v) is 2.90. The second kappa shape index (κ2) is 4.61. The smallest absolute Gasteiger partial charge is 0.191 e. The van der Waals surface area contributed by atoms with Crippen molar-refractivity contribution in [1.29, 1.82) is 0 Å². The van der Waals surface area contributed by atoms with Gasteiger partial charge in [0.15, 0.2) is 5.96 Å². The van der Waals surface area contributed by atoms with Crippen LogP contribution < -0.4 is 10.6 Å². The van der Waals surface area contributed by atoms with Gasteiger partial charge in [-0.3, -0.25) is 4.99 Å². The van der Waals surface area contributed by atoms with Crippen LogP contribution in [0.25, 0.3) is 0 Å². The Morgan fingerprint density at radius 2 is 2.40 bits per heavy atom. The summed E-state index contributed by atoms with van der Waals surface area (Å²) in [5.74, 6) is 0.558. The van der Waals surface area contributed by atoms with Gasteiger partial charge in [-0.25, -0.2) is 4.39 Å². The first-order chi connectivity index (χ1) is 7.25. The predicted octanol–water partition coefficient (Wildman–Crippen LogP) is 1.64. The summed E-state index contributed by atoms with van der Waals surface area (Å²) >= 11 is 3.37. The number of aliphatic imine (C=N–C) groups is 1. The molecule has 1 aromatic carbocycles. The van der Waals surface area contributed by atoms with E-state index in [2.05, 4.69) is 31.6 Å². The lowest BCUT2D eigenvalue weighted by molar-refractivity contribution is 0.624. The van der Waals surface area contributed by atoms with Crippen LogP contribution in [0.4, 0.5) is 4.39 Å². The van der Waals surface area contributed by atoms with Crippen molar-refractivity contribution in [3.8, 4) is 0 Å². The molecule has 0 unspecified atom stereocenters. The summed E-state index contributed by atoms with van der Waals surface area (Å²) in [5, 5.41) is 6.20. The van der Waals surface area contributed by atoms with Crippen molar-refractivity contribution < 1.29 is 4.39 Å². The average molecular weight is 272 g/mol. The lowest BCUT2D eigenvalue weighted by Crippen LogP contribution is -2.33.